The zero-order valence-corrected chi connectivity index (χ0v) is 11.2. The van der Waals surface area contributed by atoms with Gasteiger partial charge in [-0.05, 0) is 37.9 Å². The Hall–Kier alpha value is -0.910. The Balaban J connectivity index is 1.99. The van der Waals surface area contributed by atoms with Gasteiger partial charge in [0, 0.05) is 24.1 Å². The molecule has 0 aliphatic carbocycles. The number of rotatable bonds is 5. The average molecular weight is 269 g/mol. The fraction of sp³-hybridized carbons (Fsp3) is 0.615. The lowest BCUT2D eigenvalue weighted by Crippen LogP contribution is -2.39. The van der Waals surface area contributed by atoms with Gasteiger partial charge in [0.15, 0.2) is 0 Å². The van der Waals surface area contributed by atoms with E-state index in [1.54, 1.807) is 6.07 Å². The van der Waals surface area contributed by atoms with Crippen molar-refractivity contribution in [1.29, 1.82) is 0 Å². The molecule has 1 atom stereocenters. The van der Waals surface area contributed by atoms with Crippen LogP contribution in [-0.4, -0.2) is 40.3 Å². The van der Waals surface area contributed by atoms with Crippen molar-refractivity contribution in [2.24, 2.45) is 0 Å². The van der Waals surface area contributed by atoms with Crippen LogP contribution < -0.4 is 0 Å². The molecule has 0 amide bonds. The van der Waals surface area contributed by atoms with Crippen molar-refractivity contribution in [2.45, 2.75) is 38.3 Å². The number of hydrogen-bond donors (Lipinski definition) is 2. The second-order valence-electron chi connectivity index (χ2n) is 4.70. The van der Waals surface area contributed by atoms with E-state index >= 15 is 0 Å². The molecule has 2 heterocycles. The largest absolute Gasteiger partial charge is 0.477 e. The monoisotopic (exact) mass is 269 g/mol. The summed E-state index contributed by atoms with van der Waals surface area (Å²) in [6.07, 6.45) is 4.37. The van der Waals surface area contributed by atoms with E-state index in [-0.39, 0.29) is 6.61 Å². The maximum absolute atomic E-state index is 10.8. The van der Waals surface area contributed by atoms with E-state index in [4.69, 9.17) is 10.2 Å². The van der Waals surface area contributed by atoms with Gasteiger partial charge in [0.1, 0.15) is 4.88 Å². The molecule has 1 aromatic heterocycles. The van der Waals surface area contributed by atoms with Gasteiger partial charge >= 0.3 is 5.97 Å². The number of carboxylic acids is 1. The lowest BCUT2D eigenvalue weighted by molar-refractivity contribution is 0.0702. The van der Waals surface area contributed by atoms with Crippen LogP contribution in [0.3, 0.4) is 0 Å². The zero-order chi connectivity index (χ0) is 13.0. The summed E-state index contributed by atoms with van der Waals surface area (Å²) in [6.45, 7) is 2.08. The van der Waals surface area contributed by atoms with E-state index in [9.17, 15) is 4.79 Å². The van der Waals surface area contributed by atoms with Gasteiger partial charge in [-0.25, -0.2) is 4.79 Å². The minimum absolute atomic E-state index is 0.228. The van der Waals surface area contributed by atoms with Gasteiger partial charge in [-0.1, -0.05) is 6.42 Å². The average Bonchev–Trinajstić information content (AvgIpc) is 2.81. The maximum atomic E-state index is 10.8. The second-order valence-corrected chi connectivity index (χ2v) is 5.87. The van der Waals surface area contributed by atoms with Crippen molar-refractivity contribution in [1.82, 2.24) is 4.90 Å². The summed E-state index contributed by atoms with van der Waals surface area (Å²) >= 11 is 1.35. The summed E-state index contributed by atoms with van der Waals surface area (Å²) in [6, 6.07) is 4.02. The van der Waals surface area contributed by atoms with Gasteiger partial charge in [-0.15, -0.1) is 11.3 Å². The van der Waals surface area contributed by atoms with Crippen LogP contribution in [-0.2, 0) is 6.54 Å². The molecule has 1 aliphatic heterocycles. The summed E-state index contributed by atoms with van der Waals surface area (Å²) in [5.74, 6) is -0.850. The van der Waals surface area contributed by atoms with Gasteiger partial charge in [-0.3, -0.25) is 4.90 Å². The van der Waals surface area contributed by atoms with E-state index in [0.717, 1.165) is 30.8 Å². The minimum Gasteiger partial charge on any atom is -0.477 e. The summed E-state index contributed by atoms with van der Waals surface area (Å²) in [7, 11) is 0. The number of piperidine rings is 1. The smallest absolute Gasteiger partial charge is 0.345 e. The second kappa shape index (κ2) is 6.31. The molecule has 1 saturated heterocycles. The molecule has 1 aromatic rings. The topological polar surface area (TPSA) is 60.8 Å². The van der Waals surface area contributed by atoms with E-state index in [0.29, 0.717) is 10.9 Å². The molecule has 5 heteroatoms. The number of aliphatic hydroxyl groups excluding tert-OH is 1. The predicted molar refractivity (Wildman–Crippen MR) is 71.0 cm³/mol. The van der Waals surface area contributed by atoms with Crippen molar-refractivity contribution in [3.63, 3.8) is 0 Å². The van der Waals surface area contributed by atoms with Crippen LogP contribution in [0.5, 0.6) is 0 Å². The number of carboxylic acid groups (broad SMARTS) is 1. The minimum atomic E-state index is -0.850. The standard InChI is InChI=1S/C13H19NO3S/c15-8-6-10-3-1-2-7-14(10)9-11-4-5-12(18-11)13(16)17/h4-5,10,15H,1-3,6-9H2,(H,16,17). The SMILES string of the molecule is O=C(O)c1ccc(CN2CCCCC2CCO)s1. The highest BCUT2D eigenvalue weighted by molar-refractivity contribution is 7.13. The molecule has 18 heavy (non-hydrogen) atoms. The van der Waals surface area contributed by atoms with Gasteiger partial charge in [-0.2, -0.15) is 0 Å². The zero-order valence-electron chi connectivity index (χ0n) is 10.3. The Bertz CT molecular complexity index is 403. The first-order valence-corrected chi connectivity index (χ1v) is 7.19. The fourth-order valence-corrected chi connectivity index (χ4v) is 3.39. The fourth-order valence-electron chi connectivity index (χ4n) is 2.52. The normalized spacial score (nSPS) is 21.1. The van der Waals surface area contributed by atoms with Crippen LogP contribution in [0, 0.1) is 0 Å². The highest BCUT2D eigenvalue weighted by atomic mass is 32.1. The molecule has 0 radical (unpaired) electrons. The van der Waals surface area contributed by atoms with E-state index < -0.39 is 5.97 Å². The van der Waals surface area contributed by atoms with Crippen molar-refractivity contribution in [3.8, 4) is 0 Å². The lowest BCUT2D eigenvalue weighted by Gasteiger charge is -2.35. The van der Waals surface area contributed by atoms with Crippen LogP contribution in [0.1, 0.15) is 40.2 Å². The molecule has 0 spiro atoms. The number of hydrogen-bond acceptors (Lipinski definition) is 4. The molecular formula is C13H19NO3S. The molecule has 0 saturated carbocycles. The third-order valence-corrected chi connectivity index (χ3v) is 4.50. The van der Waals surface area contributed by atoms with Crippen molar-refractivity contribution >= 4 is 17.3 Å². The van der Waals surface area contributed by atoms with Crippen molar-refractivity contribution in [3.05, 3.63) is 21.9 Å². The molecule has 2 rings (SSSR count). The summed E-state index contributed by atoms with van der Waals surface area (Å²) in [5, 5.41) is 18.0. The Morgan fingerprint density at radius 1 is 1.44 bits per heavy atom. The Labute approximate surface area is 111 Å². The molecule has 0 bridgehead atoms. The molecule has 1 unspecified atom stereocenters. The van der Waals surface area contributed by atoms with Gasteiger partial charge in [0.05, 0.1) is 0 Å². The third kappa shape index (κ3) is 3.31. The number of likely N-dealkylation sites (tertiary alicyclic amines) is 1. The van der Waals surface area contributed by atoms with Gasteiger partial charge in [0.25, 0.3) is 0 Å². The van der Waals surface area contributed by atoms with Crippen LogP contribution >= 0.6 is 11.3 Å². The highest BCUT2D eigenvalue weighted by Gasteiger charge is 2.22. The maximum Gasteiger partial charge on any atom is 0.345 e. The van der Waals surface area contributed by atoms with Crippen LogP contribution in [0.15, 0.2) is 12.1 Å². The summed E-state index contributed by atoms with van der Waals surface area (Å²) < 4.78 is 0. The van der Waals surface area contributed by atoms with Crippen LogP contribution in [0.2, 0.25) is 0 Å². The Kier molecular flexibility index (Phi) is 4.74. The molecule has 4 nitrogen and oxygen atoms in total. The van der Waals surface area contributed by atoms with Gasteiger partial charge in [0.2, 0.25) is 0 Å². The van der Waals surface area contributed by atoms with Crippen LogP contribution in [0.25, 0.3) is 0 Å². The number of thiophene rings is 1. The van der Waals surface area contributed by atoms with Crippen molar-refractivity contribution in [2.75, 3.05) is 13.2 Å². The number of nitrogens with zero attached hydrogens (tertiary/aromatic N) is 1. The molecular weight excluding hydrogens is 250 g/mol. The first-order valence-electron chi connectivity index (χ1n) is 6.37. The molecule has 1 aliphatic rings. The molecule has 2 N–H and O–H groups in total. The molecule has 100 valence electrons. The number of aromatic carboxylic acids is 1. The van der Waals surface area contributed by atoms with Crippen molar-refractivity contribution < 1.29 is 15.0 Å². The van der Waals surface area contributed by atoms with E-state index in [1.807, 2.05) is 6.07 Å². The van der Waals surface area contributed by atoms with E-state index in [2.05, 4.69) is 4.90 Å². The lowest BCUT2D eigenvalue weighted by atomic mass is 9.99. The Morgan fingerprint density at radius 3 is 2.94 bits per heavy atom. The highest BCUT2D eigenvalue weighted by Crippen LogP contribution is 2.24. The first kappa shape index (κ1) is 13.5. The number of aliphatic hydroxyl groups is 1. The summed E-state index contributed by atoms with van der Waals surface area (Å²) in [5.41, 5.74) is 0. The van der Waals surface area contributed by atoms with Gasteiger partial charge < -0.3 is 10.2 Å². The molecule has 1 fully saturated rings. The first-order chi connectivity index (χ1) is 8.70. The quantitative estimate of drug-likeness (QED) is 0.860. The molecule has 0 aromatic carbocycles. The Morgan fingerprint density at radius 2 is 2.28 bits per heavy atom. The van der Waals surface area contributed by atoms with E-state index in [1.165, 1.54) is 24.2 Å². The third-order valence-electron chi connectivity index (χ3n) is 3.44. The predicted octanol–water partition coefficient (Wildman–Crippen LogP) is 2.18. The number of carbonyl (C=O) groups is 1. The summed E-state index contributed by atoms with van der Waals surface area (Å²) in [4.78, 5) is 14.7. The van der Waals surface area contributed by atoms with Crippen LogP contribution in [0.4, 0.5) is 0 Å².